The number of nitrogens with zero attached hydrogens (tertiary/aromatic N) is 2. The van der Waals surface area contributed by atoms with Gasteiger partial charge in [-0.2, -0.15) is 0 Å². The van der Waals surface area contributed by atoms with E-state index in [2.05, 4.69) is 15.9 Å². The summed E-state index contributed by atoms with van der Waals surface area (Å²) in [5.74, 6) is -3.02. The van der Waals surface area contributed by atoms with Crippen LogP contribution in [0.4, 0.5) is 5.69 Å². The molecule has 0 unspecified atom stereocenters. The molecular weight excluding hydrogens is 568 g/mol. The lowest BCUT2D eigenvalue weighted by Gasteiger charge is -2.32. The highest BCUT2D eigenvalue weighted by Crippen LogP contribution is 2.47. The maximum atomic E-state index is 13.8. The number of rotatable bonds is 5. The van der Waals surface area contributed by atoms with E-state index in [4.69, 9.17) is 11.6 Å². The summed E-state index contributed by atoms with van der Waals surface area (Å²) < 4.78 is 0.812. The summed E-state index contributed by atoms with van der Waals surface area (Å²) in [7, 11) is 0. The third kappa shape index (κ3) is 3.94. The minimum Gasteiger partial charge on any atom is -0.359 e. The van der Waals surface area contributed by atoms with E-state index in [1.807, 2.05) is 6.07 Å². The highest BCUT2D eigenvalue weighted by molar-refractivity contribution is 9.10. The molecule has 0 aromatic heterocycles. The van der Waals surface area contributed by atoms with Crippen LogP contribution in [0, 0.1) is 11.8 Å². The van der Waals surface area contributed by atoms with Crippen molar-refractivity contribution in [3.05, 3.63) is 123 Å². The molecule has 0 N–H and O–H groups in total. The number of anilines is 1. The fourth-order valence-corrected chi connectivity index (χ4v) is 5.97. The van der Waals surface area contributed by atoms with E-state index in [1.54, 1.807) is 96.0 Å². The first-order chi connectivity index (χ1) is 18.3. The molecule has 0 aliphatic carbocycles. The summed E-state index contributed by atoms with van der Waals surface area (Å²) in [5, 5.41) is 0.488. The molecular formula is C30H20BrClN2O4. The summed E-state index contributed by atoms with van der Waals surface area (Å²) in [4.78, 5) is 57.7. The molecule has 3 heterocycles. The van der Waals surface area contributed by atoms with Crippen LogP contribution >= 0.6 is 27.5 Å². The van der Waals surface area contributed by atoms with E-state index in [9.17, 15) is 19.2 Å². The number of hydrogen-bond donors (Lipinski definition) is 0. The van der Waals surface area contributed by atoms with Crippen molar-refractivity contribution >= 4 is 56.6 Å². The molecule has 3 aliphatic rings. The number of hydrogen-bond acceptors (Lipinski definition) is 5. The molecule has 6 nitrogen and oxygen atoms in total. The molecule has 0 bridgehead atoms. The average Bonchev–Trinajstić information content (AvgIpc) is 3.41. The number of carbonyl (C=O) groups is 4. The molecule has 3 aromatic carbocycles. The van der Waals surface area contributed by atoms with Crippen LogP contribution in [0.3, 0.4) is 0 Å². The zero-order valence-corrected chi connectivity index (χ0v) is 22.2. The predicted octanol–water partition coefficient (Wildman–Crippen LogP) is 5.48. The Labute approximate surface area is 232 Å². The van der Waals surface area contributed by atoms with Crippen LogP contribution in [-0.2, 0) is 9.59 Å². The van der Waals surface area contributed by atoms with Gasteiger partial charge in [-0.05, 0) is 54.6 Å². The number of fused-ring (bicyclic) bond motifs is 3. The Morgan fingerprint density at radius 3 is 2.13 bits per heavy atom. The van der Waals surface area contributed by atoms with Crippen molar-refractivity contribution in [2.24, 2.45) is 11.8 Å². The van der Waals surface area contributed by atoms with Gasteiger partial charge in [0, 0.05) is 32.4 Å². The van der Waals surface area contributed by atoms with Gasteiger partial charge >= 0.3 is 0 Å². The molecule has 188 valence electrons. The number of halogens is 2. The topological polar surface area (TPSA) is 74.8 Å². The van der Waals surface area contributed by atoms with Gasteiger partial charge in [0.2, 0.25) is 11.8 Å². The van der Waals surface area contributed by atoms with E-state index in [0.29, 0.717) is 27.4 Å². The molecule has 2 amide bonds. The minimum absolute atomic E-state index is 0.188. The van der Waals surface area contributed by atoms with E-state index >= 15 is 0 Å². The molecule has 0 spiro atoms. The number of ketones is 2. The minimum atomic E-state index is -0.913. The van der Waals surface area contributed by atoms with E-state index < -0.39 is 29.8 Å². The van der Waals surface area contributed by atoms with E-state index in [0.717, 1.165) is 4.47 Å². The first-order valence-electron chi connectivity index (χ1n) is 12.1. The molecule has 8 heteroatoms. The summed E-state index contributed by atoms with van der Waals surface area (Å²) in [6, 6.07) is 20.7. The molecule has 3 aromatic rings. The van der Waals surface area contributed by atoms with Gasteiger partial charge < -0.3 is 4.90 Å². The van der Waals surface area contributed by atoms with Gasteiger partial charge in [-0.25, -0.2) is 4.90 Å². The molecule has 2 saturated heterocycles. The lowest BCUT2D eigenvalue weighted by molar-refractivity contribution is -0.123. The highest BCUT2D eigenvalue weighted by Gasteiger charge is 2.63. The van der Waals surface area contributed by atoms with Crippen LogP contribution in [0.15, 0.2) is 107 Å². The largest absolute Gasteiger partial charge is 0.359 e. The van der Waals surface area contributed by atoms with Gasteiger partial charge in [0.05, 0.1) is 23.6 Å². The fraction of sp³-hybridized carbons (Fsp3) is 0.133. The number of Topliss-reactive ketones (excluding diaryl/α,β-unsaturated/α-hetero) is 2. The second-order valence-electron chi connectivity index (χ2n) is 9.43. The van der Waals surface area contributed by atoms with Crippen LogP contribution in [-0.4, -0.2) is 40.4 Å². The first kappa shape index (κ1) is 24.5. The zero-order valence-electron chi connectivity index (χ0n) is 19.8. The molecule has 0 radical (unpaired) electrons. The number of imide groups is 1. The van der Waals surface area contributed by atoms with Crippen molar-refractivity contribution in [2.45, 2.75) is 12.1 Å². The van der Waals surface area contributed by atoms with Crippen molar-refractivity contribution in [2.75, 3.05) is 4.90 Å². The maximum absolute atomic E-state index is 13.8. The smallest absolute Gasteiger partial charge is 0.240 e. The Morgan fingerprint density at radius 1 is 0.789 bits per heavy atom. The lowest BCUT2D eigenvalue weighted by atomic mass is 9.85. The predicted molar refractivity (Wildman–Crippen MR) is 147 cm³/mol. The third-order valence-corrected chi connectivity index (χ3v) is 8.11. The lowest BCUT2D eigenvalue weighted by Crippen LogP contribution is -2.46. The fourth-order valence-electron chi connectivity index (χ4n) is 5.58. The molecule has 4 atom stereocenters. The van der Waals surface area contributed by atoms with E-state index in [1.165, 1.54) is 4.90 Å². The second kappa shape index (κ2) is 9.49. The zero-order chi connectivity index (χ0) is 26.6. The SMILES string of the molecule is O=C(C1=C[C@@H]2[C@H]3C(=O)N(c4ccc(Br)cc4)C(=O)[C@H]3[C@@H](C(=O)c3ccc(Cl)cc3)N2C=C1)c1ccccc1. The van der Waals surface area contributed by atoms with Gasteiger partial charge in [-0.1, -0.05) is 63.9 Å². The molecule has 2 fully saturated rings. The number of carbonyl (C=O) groups excluding carboxylic acids is 4. The highest BCUT2D eigenvalue weighted by atomic mass is 79.9. The summed E-state index contributed by atoms with van der Waals surface area (Å²) in [6.45, 7) is 0. The van der Waals surface area contributed by atoms with Gasteiger partial charge in [0.25, 0.3) is 0 Å². The Balaban J connectivity index is 1.43. The first-order valence-corrected chi connectivity index (χ1v) is 13.2. The van der Waals surface area contributed by atoms with Crippen molar-refractivity contribution in [1.29, 1.82) is 0 Å². The van der Waals surface area contributed by atoms with Gasteiger partial charge in [0.15, 0.2) is 11.6 Å². The van der Waals surface area contributed by atoms with Gasteiger partial charge in [-0.15, -0.1) is 0 Å². The van der Waals surface area contributed by atoms with Crippen molar-refractivity contribution in [3.63, 3.8) is 0 Å². The molecule has 6 rings (SSSR count). The van der Waals surface area contributed by atoms with Crippen molar-refractivity contribution in [1.82, 2.24) is 4.90 Å². The Morgan fingerprint density at radius 2 is 1.45 bits per heavy atom. The number of allylic oxidation sites excluding steroid dienone is 2. The maximum Gasteiger partial charge on any atom is 0.240 e. The van der Waals surface area contributed by atoms with Gasteiger partial charge in [0.1, 0.15) is 6.04 Å². The van der Waals surface area contributed by atoms with Crippen molar-refractivity contribution in [3.8, 4) is 0 Å². The Bertz CT molecular complexity index is 1530. The summed E-state index contributed by atoms with van der Waals surface area (Å²) in [6.07, 6.45) is 5.04. The third-order valence-electron chi connectivity index (χ3n) is 7.33. The number of benzene rings is 3. The number of amides is 2. The van der Waals surface area contributed by atoms with Crippen molar-refractivity contribution < 1.29 is 19.2 Å². The standard InChI is InChI=1S/C30H20BrClN2O4/c31-20-8-12-22(13-9-20)34-29(37)24-23-16-19(27(35)17-4-2-1-3-5-17)14-15-33(23)26(25(24)30(34)38)28(36)18-6-10-21(32)11-7-18/h1-16,23-26H/t23-,24-,25-,26+/m1/s1. The normalized spacial score (nSPS) is 23.8. The Kier molecular flexibility index (Phi) is 6.13. The summed E-state index contributed by atoms with van der Waals surface area (Å²) >= 11 is 9.41. The molecule has 3 aliphatic heterocycles. The van der Waals surface area contributed by atoms with Crippen LogP contribution < -0.4 is 4.90 Å². The Hall–Kier alpha value is -3.81. The van der Waals surface area contributed by atoms with Gasteiger partial charge in [-0.3, -0.25) is 19.2 Å². The van der Waals surface area contributed by atoms with E-state index in [-0.39, 0.29) is 17.5 Å². The summed E-state index contributed by atoms with van der Waals surface area (Å²) in [5.41, 5.74) is 1.77. The van der Waals surface area contributed by atoms with Crippen LogP contribution in [0.1, 0.15) is 20.7 Å². The van der Waals surface area contributed by atoms with Crippen LogP contribution in [0.2, 0.25) is 5.02 Å². The quantitative estimate of drug-likeness (QED) is 0.292. The second-order valence-corrected chi connectivity index (χ2v) is 10.8. The average molecular weight is 588 g/mol. The molecule has 0 saturated carbocycles. The van der Waals surface area contributed by atoms with Crippen LogP contribution in [0.25, 0.3) is 0 Å². The monoisotopic (exact) mass is 586 g/mol. The van der Waals surface area contributed by atoms with Crippen LogP contribution in [0.5, 0.6) is 0 Å². The molecule has 38 heavy (non-hydrogen) atoms.